The lowest BCUT2D eigenvalue weighted by Crippen LogP contribution is -2.24. The van der Waals surface area contributed by atoms with Crippen LogP contribution in [0.5, 0.6) is 0 Å². The van der Waals surface area contributed by atoms with Crippen molar-refractivity contribution in [1.82, 2.24) is 9.97 Å². The highest BCUT2D eigenvalue weighted by Gasteiger charge is 2.20. The Bertz CT molecular complexity index is 1060. The van der Waals surface area contributed by atoms with E-state index < -0.39 is 5.97 Å². The van der Waals surface area contributed by atoms with Gasteiger partial charge in [0.2, 0.25) is 0 Å². The van der Waals surface area contributed by atoms with E-state index in [0.717, 1.165) is 21.8 Å². The Balaban J connectivity index is 1.69. The van der Waals surface area contributed by atoms with Gasteiger partial charge in [0.05, 0.1) is 22.9 Å². The van der Waals surface area contributed by atoms with Crippen molar-refractivity contribution in [3.05, 3.63) is 82.5 Å². The van der Waals surface area contributed by atoms with Crippen LogP contribution in [0.25, 0.3) is 5.57 Å². The molecule has 0 saturated carbocycles. The number of hydrogen-bond acceptors (Lipinski definition) is 6. The predicted molar refractivity (Wildman–Crippen MR) is 87.5 cm³/mol. The Kier molecular flexibility index (Phi) is 3.35. The Morgan fingerprint density at radius 2 is 2.08 bits per heavy atom. The zero-order valence-corrected chi connectivity index (χ0v) is 12.8. The number of rotatable bonds is 2. The van der Waals surface area contributed by atoms with Crippen LogP contribution in [0.15, 0.2) is 70.7 Å². The first kappa shape index (κ1) is 14.2. The van der Waals surface area contributed by atoms with Gasteiger partial charge in [-0.05, 0) is 25.1 Å². The maximum atomic E-state index is 12.1. The molecule has 6 heteroatoms. The van der Waals surface area contributed by atoms with E-state index in [1.54, 1.807) is 19.2 Å². The van der Waals surface area contributed by atoms with Gasteiger partial charge in [0.1, 0.15) is 5.71 Å². The van der Waals surface area contributed by atoms with Crippen LogP contribution >= 0.6 is 0 Å². The number of benzene rings is 1. The molecule has 0 N–H and O–H groups in total. The molecule has 0 spiro atoms. The molecule has 2 heterocycles. The number of aryl methyl sites for hydroxylation is 1. The fourth-order valence-electron chi connectivity index (χ4n) is 2.58. The quantitative estimate of drug-likeness (QED) is 0.617. The number of nitrogens with zero attached hydrogens (tertiary/aromatic N) is 4. The molecule has 0 radical (unpaired) electrons. The number of carbonyl (C=O) groups excluding carboxylic acids is 1. The third-order valence-electron chi connectivity index (χ3n) is 3.63. The van der Waals surface area contributed by atoms with Crippen LogP contribution in [-0.2, 0) is 4.84 Å². The summed E-state index contributed by atoms with van der Waals surface area (Å²) in [4.78, 5) is 29.7. The molecule has 24 heavy (non-hydrogen) atoms. The molecular formula is C18H12N4O2. The third-order valence-corrected chi connectivity index (χ3v) is 3.63. The summed E-state index contributed by atoms with van der Waals surface area (Å²) in [5, 5.41) is 5.86. The lowest BCUT2D eigenvalue weighted by molar-refractivity contribution is 0.0510. The standard InChI is InChI=1S/C18H12N4O2/c1-11-9-19-10-16(20-11)18(23)24-22-15-8-4-7-14-17(15)12-5-2-3-6-13(12)21-14/h2-10H,1H3. The molecule has 0 amide bonds. The highest BCUT2D eigenvalue weighted by atomic mass is 16.7. The molecule has 0 bridgehead atoms. The number of para-hydroxylation sites is 1. The number of oxime groups is 1. The maximum Gasteiger partial charge on any atom is 0.385 e. The molecule has 0 saturated heterocycles. The van der Waals surface area contributed by atoms with Crippen molar-refractivity contribution in [3.8, 4) is 0 Å². The van der Waals surface area contributed by atoms with E-state index >= 15 is 0 Å². The van der Waals surface area contributed by atoms with Crippen molar-refractivity contribution in [2.24, 2.45) is 10.1 Å². The first-order valence-corrected chi connectivity index (χ1v) is 7.37. The number of fused-ring (bicyclic) bond motifs is 2. The van der Waals surface area contributed by atoms with Gasteiger partial charge in [0, 0.05) is 17.0 Å². The zero-order chi connectivity index (χ0) is 16.5. The van der Waals surface area contributed by atoms with Gasteiger partial charge in [0.15, 0.2) is 5.69 Å². The third kappa shape index (κ3) is 2.44. The molecule has 0 unspecified atom stereocenters. The van der Waals surface area contributed by atoms with Crippen LogP contribution in [-0.4, -0.2) is 21.6 Å². The van der Waals surface area contributed by atoms with Gasteiger partial charge in [-0.2, -0.15) is 0 Å². The fraction of sp³-hybridized carbons (Fsp3) is 0.0556. The van der Waals surface area contributed by atoms with E-state index in [1.165, 1.54) is 6.20 Å². The highest BCUT2D eigenvalue weighted by Crippen LogP contribution is 2.20. The largest absolute Gasteiger partial charge is 0.385 e. The van der Waals surface area contributed by atoms with Crippen molar-refractivity contribution >= 4 is 17.3 Å². The Morgan fingerprint density at radius 3 is 2.96 bits per heavy atom. The minimum atomic E-state index is -0.646. The molecule has 6 nitrogen and oxygen atoms in total. The van der Waals surface area contributed by atoms with Crippen molar-refractivity contribution < 1.29 is 9.63 Å². The van der Waals surface area contributed by atoms with E-state index in [-0.39, 0.29) is 5.69 Å². The average Bonchev–Trinajstić information content (AvgIpc) is 2.99. The average molecular weight is 316 g/mol. The molecule has 1 aliphatic heterocycles. The maximum absolute atomic E-state index is 12.1. The lowest BCUT2D eigenvalue weighted by atomic mass is 10.0. The van der Waals surface area contributed by atoms with Gasteiger partial charge in [0.25, 0.3) is 0 Å². The minimum absolute atomic E-state index is 0.122. The number of carbonyl (C=O) groups is 1. The van der Waals surface area contributed by atoms with E-state index in [4.69, 9.17) is 4.84 Å². The first-order chi connectivity index (χ1) is 11.7. The van der Waals surface area contributed by atoms with Crippen molar-refractivity contribution in [3.63, 3.8) is 0 Å². The van der Waals surface area contributed by atoms with Gasteiger partial charge in [-0.25, -0.2) is 14.8 Å². The van der Waals surface area contributed by atoms with Gasteiger partial charge < -0.3 is 4.84 Å². The lowest BCUT2D eigenvalue weighted by Gasteiger charge is -2.08. The molecule has 1 aliphatic carbocycles. The molecule has 1 aromatic heterocycles. The van der Waals surface area contributed by atoms with Crippen molar-refractivity contribution in [2.75, 3.05) is 0 Å². The summed E-state index contributed by atoms with van der Waals surface area (Å²) < 4.78 is 0. The number of aromatic nitrogens is 2. The Hall–Kier alpha value is -3.41. The predicted octanol–water partition coefficient (Wildman–Crippen LogP) is 1.24. The molecule has 2 aliphatic rings. The van der Waals surface area contributed by atoms with Gasteiger partial charge in [-0.1, -0.05) is 29.4 Å². The molecular weight excluding hydrogens is 304 g/mol. The molecule has 4 rings (SSSR count). The van der Waals surface area contributed by atoms with Gasteiger partial charge in [-0.3, -0.25) is 4.98 Å². The van der Waals surface area contributed by atoms with E-state index in [1.807, 2.05) is 36.4 Å². The summed E-state index contributed by atoms with van der Waals surface area (Å²) in [5.41, 5.74) is 2.98. The van der Waals surface area contributed by atoms with Crippen molar-refractivity contribution in [2.45, 2.75) is 6.92 Å². The summed E-state index contributed by atoms with van der Waals surface area (Å²) in [7, 11) is 0. The number of hydrogen-bond donors (Lipinski definition) is 0. The summed E-state index contributed by atoms with van der Waals surface area (Å²) in [6.45, 7) is 1.75. The minimum Gasteiger partial charge on any atom is -0.310 e. The topological polar surface area (TPSA) is 76.8 Å². The molecule has 116 valence electrons. The summed E-state index contributed by atoms with van der Waals surface area (Å²) in [6.07, 6.45) is 8.43. The van der Waals surface area contributed by atoms with Crippen LogP contribution in [0.3, 0.4) is 0 Å². The second-order valence-electron chi connectivity index (χ2n) is 5.32. The highest BCUT2D eigenvalue weighted by molar-refractivity contribution is 6.30. The zero-order valence-electron chi connectivity index (χ0n) is 12.8. The number of allylic oxidation sites excluding steroid dienone is 4. The van der Waals surface area contributed by atoms with Gasteiger partial charge in [-0.15, -0.1) is 0 Å². The van der Waals surface area contributed by atoms with E-state index in [9.17, 15) is 4.79 Å². The smallest absolute Gasteiger partial charge is 0.310 e. The molecule has 1 aromatic carbocycles. The SMILES string of the molecule is Cc1cncc(C(=O)ON=C2C=CC=C3N=c4ccccc4=C32)n1. The summed E-state index contributed by atoms with van der Waals surface area (Å²) >= 11 is 0. The Labute approximate surface area is 137 Å². The second kappa shape index (κ2) is 5.66. The van der Waals surface area contributed by atoms with Crippen LogP contribution in [0, 0.1) is 6.92 Å². The molecule has 0 fully saturated rings. The monoisotopic (exact) mass is 316 g/mol. The summed E-state index contributed by atoms with van der Waals surface area (Å²) in [5.74, 6) is -0.646. The van der Waals surface area contributed by atoms with Crippen LogP contribution in [0.1, 0.15) is 16.2 Å². The van der Waals surface area contributed by atoms with Gasteiger partial charge >= 0.3 is 5.97 Å². The van der Waals surface area contributed by atoms with Crippen LogP contribution in [0.2, 0.25) is 0 Å². The second-order valence-corrected chi connectivity index (χ2v) is 5.32. The fourth-order valence-corrected chi connectivity index (χ4v) is 2.58. The van der Waals surface area contributed by atoms with E-state index in [0.29, 0.717) is 11.4 Å². The Morgan fingerprint density at radius 1 is 1.21 bits per heavy atom. The van der Waals surface area contributed by atoms with E-state index in [2.05, 4.69) is 20.1 Å². The normalized spacial score (nSPS) is 16.3. The molecule has 2 aromatic rings. The van der Waals surface area contributed by atoms with Crippen molar-refractivity contribution in [1.29, 1.82) is 0 Å². The summed E-state index contributed by atoms with van der Waals surface area (Å²) in [6, 6.07) is 7.78. The molecule has 0 atom stereocenters. The first-order valence-electron chi connectivity index (χ1n) is 7.37. The van der Waals surface area contributed by atoms with Crippen LogP contribution < -0.4 is 10.6 Å². The van der Waals surface area contributed by atoms with Crippen LogP contribution in [0.4, 0.5) is 0 Å².